The first-order valence-electron chi connectivity index (χ1n) is 6.71. The number of imidazole rings is 1. The number of fused-ring (bicyclic) bond motifs is 1. The predicted octanol–water partition coefficient (Wildman–Crippen LogP) is 1.91. The van der Waals surface area contributed by atoms with Gasteiger partial charge < -0.3 is 15.2 Å². The third-order valence-electron chi connectivity index (χ3n) is 3.04. The second-order valence-electron chi connectivity index (χ2n) is 5.02. The highest BCUT2D eigenvalue weighted by Crippen LogP contribution is 2.14. The maximum atomic E-state index is 4.65. The van der Waals surface area contributed by atoms with Crippen LogP contribution in [-0.2, 0) is 19.5 Å². The Morgan fingerprint density at radius 1 is 1.47 bits per heavy atom. The lowest BCUT2D eigenvalue weighted by atomic mass is 10.2. The first kappa shape index (κ1) is 16.3. The third kappa shape index (κ3) is 4.67. The highest BCUT2D eigenvalue weighted by atomic mass is 127. The molecule has 5 nitrogen and oxygen atoms in total. The summed E-state index contributed by atoms with van der Waals surface area (Å²) in [4.78, 5) is 8.84. The zero-order valence-corrected chi connectivity index (χ0v) is 14.3. The second-order valence-corrected chi connectivity index (χ2v) is 5.02. The van der Waals surface area contributed by atoms with Crippen molar-refractivity contribution in [1.82, 2.24) is 20.2 Å². The number of halogens is 1. The molecular weight excluding hydrogens is 353 g/mol. The van der Waals surface area contributed by atoms with E-state index < -0.39 is 0 Å². The van der Waals surface area contributed by atoms with Crippen molar-refractivity contribution in [3.8, 4) is 0 Å². The van der Waals surface area contributed by atoms with E-state index in [0.717, 1.165) is 31.2 Å². The van der Waals surface area contributed by atoms with Gasteiger partial charge in [0.1, 0.15) is 5.82 Å². The van der Waals surface area contributed by atoms with E-state index in [-0.39, 0.29) is 24.0 Å². The van der Waals surface area contributed by atoms with Crippen molar-refractivity contribution in [2.75, 3.05) is 7.05 Å². The summed E-state index contributed by atoms with van der Waals surface area (Å²) in [6, 6.07) is 0.381. The van der Waals surface area contributed by atoms with Crippen molar-refractivity contribution >= 4 is 29.9 Å². The number of hydrogen-bond acceptors (Lipinski definition) is 2. The smallest absolute Gasteiger partial charge is 0.191 e. The van der Waals surface area contributed by atoms with Crippen LogP contribution in [0.1, 0.15) is 38.2 Å². The Bertz CT molecular complexity index is 401. The van der Waals surface area contributed by atoms with E-state index in [4.69, 9.17) is 0 Å². The fraction of sp³-hybridized carbons (Fsp3) is 0.692. The molecule has 0 spiro atoms. The van der Waals surface area contributed by atoms with Gasteiger partial charge in [0.05, 0.1) is 12.2 Å². The number of nitrogens with one attached hydrogen (secondary N) is 2. The molecule has 2 rings (SSSR count). The van der Waals surface area contributed by atoms with Gasteiger partial charge in [0.15, 0.2) is 5.96 Å². The minimum Gasteiger partial charge on any atom is -0.354 e. The molecule has 0 fully saturated rings. The molecule has 0 aliphatic carbocycles. The van der Waals surface area contributed by atoms with Crippen molar-refractivity contribution in [2.24, 2.45) is 4.99 Å². The van der Waals surface area contributed by atoms with Crippen molar-refractivity contribution in [2.45, 2.75) is 52.2 Å². The molecule has 0 saturated heterocycles. The Balaban J connectivity index is 0.00000180. The van der Waals surface area contributed by atoms with Gasteiger partial charge in [0.2, 0.25) is 0 Å². The van der Waals surface area contributed by atoms with E-state index in [1.807, 2.05) is 0 Å². The monoisotopic (exact) mass is 377 g/mol. The van der Waals surface area contributed by atoms with Crippen molar-refractivity contribution in [3.63, 3.8) is 0 Å². The number of rotatable bonds is 3. The summed E-state index contributed by atoms with van der Waals surface area (Å²) in [6.07, 6.45) is 5.80. The van der Waals surface area contributed by atoms with Gasteiger partial charge in [0.25, 0.3) is 0 Å². The fourth-order valence-corrected chi connectivity index (χ4v) is 2.20. The topological polar surface area (TPSA) is 54.2 Å². The van der Waals surface area contributed by atoms with Crippen molar-refractivity contribution < 1.29 is 0 Å². The van der Waals surface area contributed by atoms with Gasteiger partial charge in [-0.3, -0.25) is 4.99 Å². The molecule has 1 aromatic rings. The minimum atomic E-state index is 0. The van der Waals surface area contributed by atoms with E-state index in [1.54, 1.807) is 7.05 Å². The predicted molar refractivity (Wildman–Crippen MR) is 89.1 cm³/mol. The molecule has 1 aliphatic heterocycles. The Hall–Kier alpha value is -0.790. The first-order chi connectivity index (χ1) is 8.69. The van der Waals surface area contributed by atoms with Gasteiger partial charge in [0, 0.05) is 32.3 Å². The summed E-state index contributed by atoms with van der Waals surface area (Å²) in [7, 11) is 1.79. The van der Waals surface area contributed by atoms with Crippen LogP contribution >= 0.6 is 24.0 Å². The molecule has 0 bridgehead atoms. The normalized spacial score (nSPS) is 14.8. The van der Waals surface area contributed by atoms with Crippen LogP contribution in [0.3, 0.4) is 0 Å². The highest BCUT2D eigenvalue weighted by Gasteiger charge is 2.12. The van der Waals surface area contributed by atoms with Crippen LogP contribution in [0.15, 0.2) is 11.2 Å². The molecule has 108 valence electrons. The summed E-state index contributed by atoms with van der Waals surface area (Å²) in [5.41, 5.74) is 1.10. The molecule has 0 amide bonds. The Morgan fingerprint density at radius 3 is 2.89 bits per heavy atom. The van der Waals surface area contributed by atoms with Crippen LogP contribution in [0.25, 0.3) is 0 Å². The average Bonchev–Trinajstić information content (AvgIpc) is 2.76. The number of hydrogen-bond donors (Lipinski definition) is 2. The van der Waals surface area contributed by atoms with Gasteiger partial charge in [-0.25, -0.2) is 4.98 Å². The molecule has 2 heterocycles. The molecule has 2 N–H and O–H groups in total. The molecule has 0 atom stereocenters. The molecule has 0 radical (unpaired) electrons. The van der Waals surface area contributed by atoms with Gasteiger partial charge in [-0.15, -0.1) is 24.0 Å². The van der Waals surface area contributed by atoms with E-state index in [9.17, 15) is 0 Å². The molecule has 0 aromatic carbocycles. The number of aromatic nitrogens is 2. The molecule has 0 saturated carbocycles. The van der Waals surface area contributed by atoms with Crippen LogP contribution in [0.5, 0.6) is 0 Å². The van der Waals surface area contributed by atoms with Gasteiger partial charge in [-0.05, 0) is 26.7 Å². The Labute approximate surface area is 132 Å². The van der Waals surface area contributed by atoms with Gasteiger partial charge >= 0.3 is 0 Å². The van der Waals surface area contributed by atoms with Crippen molar-refractivity contribution in [3.05, 3.63) is 17.7 Å². The lowest BCUT2D eigenvalue weighted by molar-refractivity contribution is 0.522. The maximum absolute atomic E-state index is 4.65. The molecule has 1 aliphatic rings. The quantitative estimate of drug-likeness (QED) is 0.481. The number of guanidine groups is 1. The highest BCUT2D eigenvalue weighted by molar-refractivity contribution is 14.0. The van der Waals surface area contributed by atoms with Crippen LogP contribution in [0, 0.1) is 0 Å². The zero-order valence-electron chi connectivity index (χ0n) is 11.9. The van der Waals surface area contributed by atoms with Gasteiger partial charge in [-0.1, -0.05) is 0 Å². The molecule has 19 heavy (non-hydrogen) atoms. The summed E-state index contributed by atoms with van der Waals surface area (Å²) in [5.74, 6) is 2.06. The van der Waals surface area contributed by atoms with Crippen molar-refractivity contribution in [1.29, 1.82) is 0 Å². The van der Waals surface area contributed by atoms with Crippen LogP contribution < -0.4 is 10.6 Å². The number of aliphatic imine (C=N–C) groups is 1. The lowest BCUT2D eigenvalue weighted by Crippen LogP contribution is -2.40. The Morgan fingerprint density at radius 2 is 2.26 bits per heavy atom. The minimum absolute atomic E-state index is 0. The second kappa shape index (κ2) is 7.72. The summed E-state index contributed by atoms with van der Waals surface area (Å²) in [6.45, 7) is 6.04. The van der Waals surface area contributed by atoms with Crippen LogP contribution in [-0.4, -0.2) is 28.6 Å². The van der Waals surface area contributed by atoms with Crippen LogP contribution in [0.2, 0.25) is 0 Å². The summed E-state index contributed by atoms with van der Waals surface area (Å²) < 4.78 is 2.28. The third-order valence-corrected chi connectivity index (χ3v) is 3.04. The SMILES string of the molecule is CN=C(NCc1cn2c(n1)CCCC2)NC(C)C.I. The largest absolute Gasteiger partial charge is 0.354 e. The summed E-state index contributed by atoms with van der Waals surface area (Å²) in [5, 5.41) is 6.56. The standard InChI is InChI=1S/C13H23N5.HI/c1-10(2)16-13(14-3)15-8-11-9-18-7-5-4-6-12(18)17-11;/h9-10H,4-8H2,1-3H3,(H2,14,15,16);1H. The van der Waals surface area contributed by atoms with E-state index in [2.05, 4.69) is 45.2 Å². The molecular formula is C13H24IN5. The molecule has 1 aromatic heterocycles. The molecule has 0 unspecified atom stereocenters. The summed E-state index contributed by atoms with van der Waals surface area (Å²) >= 11 is 0. The Kier molecular flexibility index (Phi) is 6.60. The number of nitrogens with zero attached hydrogens (tertiary/aromatic N) is 3. The zero-order chi connectivity index (χ0) is 13.0. The fourth-order valence-electron chi connectivity index (χ4n) is 2.20. The van der Waals surface area contributed by atoms with Crippen LogP contribution in [0.4, 0.5) is 0 Å². The van der Waals surface area contributed by atoms with E-state index in [0.29, 0.717) is 6.04 Å². The lowest BCUT2D eigenvalue weighted by Gasteiger charge is -2.13. The van der Waals surface area contributed by atoms with E-state index in [1.165, 1.54) is 18.7 Å². The number of aryl methyl sites for hydroxylation is 2. The van der Waals surface area contributed by atoms with Gasteiger partial charge in [-0.2, -0.15) is 0 Å². The first-order valence-corrected chi connectivity index (χ1v) is 6.71. The van der Waals surface area contributed by atoms with E-state index >= 15 is 0 Å². The molecule has 6 heteroatoms. The average molecular weight is 377 g/mol. The maximum Gasteiger partial charge on any atom is 0.191 e.